The zero-order valence-corrected chi connectivity index (χ0v) is 13.9. The molecule has 0 heterocycles. The summed E-state index contributed by atoms with van der Waals surface area (Å²) >= 11 is 0. The highest BCUT2D eigenvalue weighted by Gasteiger charge is 2.36. The van der Waals surface area contributed by atoms with Gasteiger partial charge in [0.15, 0.2) is 0 Å². The topological polar surface area (TPSA) is 95.5 Å². The summed E-state index contributed by atoms with van der Waals surface area (Å²) in [5.41, 5.74) is 0.690. The van der Waals surface area contributed by atoms with Crippen molar-refractivity contribution in [2.45, 2.75) is 44.9 Å². The van der Waals surface area contributed by atoms with E-state index in [1.807, 2.05) is 0 Å². The van der Waals surface area contributed by atoms with Gasteiger partial charge in [-0.15, -0.1) is 0 Å². The first-order valence-electron chi connectivity index (χ1n) is 8.28. The number of benzene rings is 1. The molecule has 1 saturated carbocycles. The van der Waals surface area contributed by atoms with Crippen molar-refractivity contribution in [2.24, 2.45) is 5.41 Å². The third-order valence-corrected chi connectivity index (χ3v) is 4.63. The maximum atomic E-state index is 12.4. The summed E-state index contributed by atoms with van der Waals surface area (Å²) in [6.45, 7) is 0. The standard InChI is InChI=1S/C18H24N2O4/c1-19-17(24)13-5-7-14(8-6-13)20-15(21)11-18(12-16(22)23)9-3-2-4-10-18/h5-8H,2-4,9-12H2,1H3,(H,19,24)(H,20,21)(H,22,23). The molecular weight excluding hydrogens is 308 g/mol. The van der Waals surface area contributed by atoms with Crippen LogP contribution in [0.3, 0.4) is 0 Å². The lowest BCUT2D eigenvalue weighted by Gasteiger charge is -2.35. The number of hydrogen-bond acceptors (Lipinski definition) is 3. The van der Waals surface area contributed by atoms with E-state index in [0.717, 1.165) is 32.1 Å². The number of anilines is 1. The molecular formula is C18H24N2O4. The molecule has 1 aromatic rings. The normalized spacial score (nSPS) is 16.2. The first-order valence-corrected chi connectivity index (χ1v) is 8.28. The van der Waals surface area contributed by atoms with Crippen LogP contribution in [-0.2, 0) is 9.59 Å². The van der Waals surface area contributed by atoms with Crippen LogP contribution in [0.5, 0.6) is 0 Å². The molecule has 24 heavy (non-hydrogen) atoms. The Bertz CT molecular complexity index is 604. The van der Waals surface area contributed by atoms with E-state index >= 15 is 0 Å². The average Bonchev–Trinajstić information content (AvgIpc) is 2.54. The fourth-order valence-electron chi connectivity index (χ4n) is 3.43. The van der Waals surface area contributed by atoms with Crippen molar-refractivity contribution >= 4 is 23.5 Å². The van der Waals surface area contributed by atoms with Gasteiger partial charge in [0, 0.05) is 24.7 Å². The van der Waals surface area contributed by atoms with Gasteiger partial charge in [-0.2, -0.15) is 0 Å². The minimum absolute atomic E-state index is 0.0377. The zero-order chi connectivity index (χ0) is 17.6. The summed E-state index contributed by atoms with van der Waals surface area (Å²) in [5, 5.41) is 14.5. The predicted molar refractivity (Wildman–Crippen MR) is 90.8 cm³/mol. The Hall–Kier alpha value is -2.37. The number of nitrogens with one attached hydrogen (secondary N) is 2. The molecule has 0 aromatic heterocycles. The number of carboxylic acids is 1. The molecule has 0 spiro atoms. The van der Waals surface area contributed by atoms with Crippen molar-refractivity contribution in [1.29, 1.82) is 0 Å². The quantitative estimate of drug-likeness (QED) is 0.746. The van der Waals surface area contributed by atoms with Crippen LogP contribution in [0.2, 0.25) is 0 Å². The molecule has 0 unspecified atom stereocenters. The average molecular weight is 332 g/mol. The van der Waals surface area contributed by atoms with Gasteiger partial charge in [-0.1, -0.05) is 19.3 Å². The zero-order valence-electron chi connectivity index (χ0n) is 13.9. The molecule has 6 heteroatoms. The molecule has 0 radical (unpaired) electrons. The van der Waals surface area contributed by atoms with Crippen molar-refractivity contribution in [3.05, 3.63) is 29.8 Å². The molecule has 0 atom stereocenters. The molecule has 3 N–H and O–H groups in total. The number of carboxylic acid groups (broad SMARTS) is 1. The third kappa shape index (κ3) is 4.81. The van der Waals surface area contributed by atoms with E-state index in [2.05, 4.69) is 10.6 Å². The molecule has 1 aliphatic carbocycles. The van der Waals surface area contributed by atoms with Gasteiger partial charge in [-0.3, -0.25) is 14.4 Å². The summed E-state index contributed by atoms with van der Waals surface area (Å²) in [4.78, 5) is 35.0. The van der Waals surface area contributed by atoms with Crippen molar-refractivity contribution in [1.82, 2.24) is 5.32 Å². The Balaban J connectivity index is 2.00. The Morgan fingerprint density at radius 2 is 1.67 bits per heavy atom. The van der Waals surface area contributed by atoms with Crippen LogP contribution in [0, 0.1) is 5.41 Å². The highest BCUT2D eigenvalue weighted by Crippen LogP contribution is 2.42. The largest absolute Gasteiger partial charge is 0.481 e. The Kier molecular flexibility index (Phi) is 5.95. The highest BCUT2D eigenvalue weighted by atomic mass is 16.4. The van der Waals surface area contributed by atoms with Crippen molar-refractivity contribution in [3.63, 3.8) is 0 Å². The molecule has 0 saturated heterocycles. The molecule has 0 bridgehead atoms. The number of hydrogen-bond donors (Lipinski definition) is 3. The SMILES string of the molecule is CNC(=O)c1ccc(NC(=O)CC2(CC(=O)O)CCCCC2)cc1. The van der Waals surface area contributed by atoms with Crippen molar-refractivity contribution in [2.75, 3.05) is 12.4 Å². The van der Waals surface area contributed by atoms with Crippen molar-refractivity contribution < 1.29 is 19.5 Å². The van der Waals surface area contributed by atoms with Crippen LogP contribution in [-0.4, -0.2) is 29.9 Å². The van der Waals surface area contributed by atoms with Crippen LogP contribution in [0.1, 0.15) is 55.3 Å². The van der Waals surface area contributed by atoms with Gasteiger partial charge in [0.1, 0.15) is 0 Å². The van der Waals surface area contributed by atoms with E-state index in [1.54, 1.807) is 31.3 Å². The fraction of sp³-hybridized carbons (Fsp3) is 0.500. The summed E-state index contributed by atoms with van der Waals surface area (Å²) < 4.78 is 0. The number of carbonyl (C=O) groups excluding carboxylic acids is 2. The fourth-order valence-corrected chi connectivity index (χ4v) is 3.43. The Morgan fingerprint density at radius 3 is 2.21 bits per heavy atom. The smallest absolute Gasteiger partial charge is 0.303 e. The molecule has 1 aliphatic rings. The maximum Gasteiger partial charge on any atom is 0.303 e. The first-order chi connectivity index (χ1) is 11.4. The van der Waals surface area contributed by atoms with Gasteiger partial charge in [0.05, 0.1) is 6.42 Å². The van der Waals surface area contributed by atoms with E-state index < -0.39 is 11.4 Å². The molecule has 1 aromatic carbocycles. The second kappa shape index (κ2) is 7.95. The number of amides is 2. The molecule has 2 rings (SSSR count). The van der Waals surface area contributed by atoms with E-state index in [9.17, 15) is 14.4 Å². The van der Waals surface area contributed by atoms with Crippen LogP contribution < -0.4 is 10.6 Å². The molecule has 130 valence electrons. The lowest BCUT2D eigenvalue weighted by molar-refractivity contribution is -0.140. The van der Waals surface area contributed by atoms with Gasteiger partial charge < -0.3 is 15.7 Å². The van der Waals surface area contributed by atoms with E-state index in [-0.39, 0.29) is 24.7 Å². The summed E-state index contributed by atoms with van der Waals surface area (Å²) in [6.07, 6.45) is 4.86. The maximum absolute atomic E-state index is 12.4. The predicted octanol–water partition coefficient (Wildman–Crippen LogP) is 2.80. The first kappa shape index (κ1) is 18.0. The van der Waals surface area contributed by atoms with Gasteiger partial charge >= 0.3 is 5.97 Å². The highest BCUT2D eigenvalue weighted by molar-refractivity contribution is 5.95. The molecule has 1 fully saturated rings. The monoisotopic (exact) mass is 332 g/mol. The van der Waals surface area contributed by atoms with E-state index in [1.165, 1.54) is 0 Å². The Morgan fingerprint density at radius 1 is 1.04 bits per heavy atom. The van der Waals surface area contributed by atoms with Gasteiger partial charge in [0.2, 0.25) is 5.91 Å². The minimum atomic E-state index is -0.848. The van der Waals surface area contributed by atoms with Gasteiger partial charge in [-0.05, 0) is 42.5 Å². The van der Waals surface area contributed by atoms with E-state index in [4.69, 9.17) is 5.11 Å². The second-order valence-electron chi connectivity index (χ2n) is 6.51. The second-order valence-corrected chi connectivity index (χ2v) is 6.51. The summed E-state index contributed by atoms with van der Waals surface area (Å²) in [5.74, 6) is -1.21. The third-order valence-electron chi connectivity index (χ3n) is 4.63. The van der Waals surface area contributed by atoms with Crippen LogP contribution in [0.15, 0.2) is 24.3 Å². The lowest BCUT2D eigenvalue weighted by atomic mass is 9.69. The van der Waals surface area contributed by atoms with Crippen LogP contribution >= 0.6 is 0 Å². The Labute approximate surface area is 141 Å². The number of rotatable bonds is 6. The number of carbonyl (C=O) groups is 3. The number of aliphatic carboxylic acids is 1. The molecule has 0 aliphatic heterocycles. The summed E-state index contributed by atoms with van der Waals surface area (Å²) in [6, 6.07) is 6.63. The molecule has 6 nitrogen and oxygen atoms in total. The minimum Gasteiger partial charge on any atom is -0.481 e. The molecule has 2 amide bonds. The summed E-state index contributed by atoms with van der Waals surface area (Å²) in [7, 11) is 1.56. The van der Waals surface area contributed by atoms with E-state index in [0.29, 0.717) is 11.3 Å². The van der Waals surface area contributed by atoms with Gasteiger partial charge in [-0.25, -0.2) is 0 Å². The van der Waals surface area contributed by atoms with Gasteiger partial charge in [0.25, 0.3) is 5.91 Å². The van der Waals surface area contributed by atoms with Crippen molar-refractivity contribution in [3.8, 4) is 0 Å². The lowest BCUT2D eigenvalue weighted by Crippen LogP contribution is -2.32. The van der Waals surface area contributed by atoms with Crippen LogP contribution in [0.25, 0.3) is 0 Å². The van der Waals surface area contributed by atoms with Crippen LogP contribution in [0.4, 0.5) is 5.69 Å².